The molecule has 14 heteroatoms. The number of pyridine rings is 1. The number of H-pyrrole nitrogens is 2. The Morgan fingerprint density at radius 2 is 2.06 bits per heavy atom. The Morgan fingerprint density at radius 1 is 1.21 bits per heavy atom. The molecule has 0 spiro atoms. The van der Waals surface area contributed by atoms with Crippen molar-refractivity contribution in [3.8, 4) is 10.6 Å². The normalized spacial score (nSPS) is 16.3. The van der Waals surface area contributed by atoms with Crippen molar-refractivity contribution in [2.45, 2.75) is 6.10 Å². The molecule has 1 fully saturated rings. The second kappa shape index (κ2) is 8.14. The number of nitrogens with zero attached hydrogens (tertiary/aromatic N) is 5. The molecule has 0 bridgehead atoms. The number of thiazole rings is 1. The monoisotopic (exact) mass is 471 g/mol. The smallest absolute Gasteiger partial charge is 0.330 e. The summed E-state index contributed by atoms with van der Waals surface area (Å²) in [5.74, 6) is -0.993. The number of aromatic amines is 2. The van der Waals surface area contributed by atoms with Crippen LogP contribution in [-0.4, -0.2) is 72.0 Å². The zero-order chi connectivity index (χ0) is 23.1. The van der Waals surface area contributed by atoms with Crippen molar-refractivity contribution in [2.75, 3.05) is 19.7 Å². The van der Waals surface area contributed by atoms with E-state index in [0.717, 1.165) is 22.2 Å². The van der Waals surface area contributed by atoms with E-state index in [1.54, 1.807) is 0 Å². The molecule has 33 heavy (non-hydrogen) atoms. The van der Waals surface area contributed by atoms with Crippen LogP contribution in [0.3, 0.4) is 0 Å². The van der Waals surface area contributed by atoms with Crippen LogP contribution in [0.4, 0.5) is 9.18 Å². The fourth-order valence-corrected chi connectivity index (χ4v) is 4.34. The summed E-state index contributed by atoms with van der Waals surface area (Å²) >= 11 is 0.973. The predicted octanol–water partition coefficient (Wildman–Crippen LogP) is 0.622. The number of imidazole rings is 1. The molecule has 4 aromatic heterocycles. The molecule has 1 aliphatic heterocycles. The highest BCUT2D eigenvalue weighted by Crippen LogP contribution is 2.27. The number of ketones is 1. The van der Waals surface area contributed by atoms with E-state index < -0.39 is 35.0 Å². The van der Waals surface area contributed by atoms with Crippen LogP contribution in [0.25, 0.3) is 21.7 Å². The van der Waals surface area contributed by atoms with E-state index in [9.17, 15) is 23.6 Å². The largest absolute Gasteiger partial charge is 0.366 e. The average molecular weight is 471 g/mol. The Hall–Kier alpha value is -4.04. The molecular weight excluding hydrogens is 457 g/mol. The lowest BCUT2D eigenvalue weighted by molar-refractivity contribution is -0.00405. The van der Waals surface area contributed by atoms with Crippen molar-refractivity contribution in [1.29, 1.82) is 0 Å². The summed E-state index contributed by atoms with van der Waals surface area (Å²) in [5.41, 5.74) is -1.56. The van der Waals surface area contributed by atoms with Gasteiger partial charge in [-0.2, -0.15) is 0 Å². The highest BCUT2D eigenvalue weighted by molar-refractivity contribution is 7.17. The quantitative estimate of drug-likeness (QED) is 0.412. The van der Waals surface area contributed by atoms with Gasteiger partial charge in [0.2, 0.25) is 5.78 Å². The summed E-state index contributed by atoms with van der Waals surface area (Å²) in [7, 11) is 0. The molecule has 0 radical (unpaired) electrons. The van der Waals surface area contributed by atoms with Crippen LogP contribution in [-0.2, 0) is 4.74 Å². The molecule has 0 saturated carbocycles. The average Bonchev–Trinajstić information content (AvgIpc) is 3.46. The van der Waals surface area contributed by atoms with Crippen molar-refractivity contribution in [3.05, 3.63) is 62.5 Å². The summed E-state index contributed by atoms with van der Waals surface area (Å²) in [4.78, 5) is 67.6. The second-order valence-electron chi connectivity index (χ2n) is 7.04. The third-order valence-corrected chi connectivity index (χ3v) is 6.00. The van der Waals surface area contributed by atoms with Crippen molar-refractivity contribution in [1.82, 2.24) is 34.4 Å². The maximum Gasteiger partial charge on any atom is 0.330 e. The van der Waals surface area contributed by atoms with Gasteiger partial charge in [-0.15, -0.1) is 11.3 Å². The van der Waals surface area contributed by atoms with Crippen molar-refractivity contribution in [3.63, 3.8) is 0 Å². The molecule has 168 valence electrons. The van der Waals surface area contributed by atoms with Gasteiger partial charge >= 0.3 is 11.7 Å². The molecule has 1 atom stereocenters. The van der Waals surface area contributed by atoms with Gasteiger partial charge in [-0.05, 0) is 12.1 Å². The van der Waals surface area contributed by atoms with Crippen LogP contribution in [0.2, 0.25) is 0 Å². The van der Waals surface area contributed by atoms with E-state index in [-0.39, 0.29) is 41.6 Å². The van der Waals surface area contributed by atoms with Crippen molar-refractivity contribution in [2.24, 2.45) is 0 Å². The Morgan fingerprint density at radius 3 is 2.88 bits per heavy atom. The maximum atomic E-state index is 14.0. The number of ether oxygens (including phenoxy) is 1. The number of rotatable bonds is 3. The standard InChI is InChI=1S/C19H14FN7O5S/c20-9-2-1-3-21-12(9)11-6-22-17(33-11)14(28)10-7-26(4-5-32-10)19(31)27-8-23-15-13(27)16(29)25-18(30)24-15/h1-3,6,8,10H,4-5,7H2,(H2,24,25,29,30)/t10-/m0/s1. The van der Waals surface area contributed by atoms with Crippen LogP contribution in [0.5, 0.6) is 0 Å². The van der Waals surface area contributed by atoms with Gasteiger partial charge < -0.3 is 9.64 Å². The zero-order valence-corrected chi connectivity index (χ0v) is 17.5. The highest BCUT2D eigenvalue weighted by atomic mass is 32.1. The van der Waals surface area contributed by atoms with Gasteiger partial charge in [-0.25, -0.2) is 28.5 Å². The van der Waals surface area contributed by atoms with Gasteiger partial charge in [0.05, 0.1) is 18.0 Å². The predicted molar refractivity (Wildman–Crippen MR) is 113 cm³/mol. The molecule has 4 aromatic rings. The highest BCUT2D eigenvalue weighted by Gasteiger charge is 2.33. The molecule has 5 heterocycles. The van der Waals surface area contributed by atoms with E-state index in [2.05, 4.69) is 19.9 Å². The van der Waals surface area contributed by atoms with E-state index >= 15 is 0 Å². The van der Waals surface area contributed by atoms with Gasteiger partial charge in [0, 0.05) is 18.9 Å². The fraction of sp³-hybridized carbons (Fsp3) is 0.211. The number of nitrogens with one attached hydrogen (secondary N) is 2. The molecule has 1 saturated heterocycles. The first-order valence-corrected chi connectivity index (χ1v) is 10.5. The SMILES string of the molecule is O=C(c1ncc(-c2ncccc2F)s1)[C@@H]1CN(C(=O)n2cnc3[nH]c(=O)[nH]c(=O)c32)CCO1. The third-order valence-electron chi connectivity index (χ3n) is 4.99. The Labute approximate surface area is 186 Å². The first-order chi connectivity index (χ1) is 15.9. The summed E-state index contributed by atoms with van der Waals surface area (Å²) in [6, 6.07) is 2.12. The van der Waals surface area contributed by atoms with Crippen molar-refractivity contribution >= 4 is 34.3 Å². The summed E-state index contributed by atoms with van der Waals surface area (Å²) < 4.78 is 20.5. The number of halogens is 1. The molecule has 0 aliphatic carbocycles. The Kier molecular flexibility index (Phi) is 5.14. The molecule has 2 N–H and O–H groups in total. The van der Waals surface area contributed by atoms with E-state index in [4.69, 9.17) is 4.74 Å². The van der Waals surface area contributed by atoms with Crippen LogP contribution in [0.15, 0.2) is 40.4 Å². The van der Waals surface area contributed by atoms with Gasteiger partial charge in [0.25, 0.3) is 5.56 Å². The van der Waals surface area contributed by atoms with E-state index in [1.165, 1.54) is 29.4 Å². The van der Waals surface area contributed by atoms with Gasteiger partial charge in [0.15, 0.2) is 16.2 Å². The van der Waals surface area contributed by atoms with Crippen LogP contribution in [0.1, 0.15) is 9.80 Å². The number of carbonyl (C=O) groups excluding carboxylic acids is 2. The molecule has 1 aliphatic rings. The maximum absolute atomic E-state index is 14.0. The molecule has 5 rings (SSSR count). The topological polar surface area (TPSA) is 156 Å². The first-order valence-electron chi connectivity index (χ1n) is 9.64. The molecule has 0 aromatic carbocycles. The number of hydrogen-bond acceptors (Lipinski definition) is 9. The summed E-state index contributed by atoms with van der Waals surface area (Å²) in [5, 5.41) is 0.0939. The van der Waals surface area contributed by atoms with Crippen LogP contribution in [0, 0.1) is 5.82 Å². The number of Topliss-reactive ketones (excluding diaryl/α,β-unsaturated/α-hetero) is 1. The number of aromatic nitrogens is 6. The minimum absolute atomic E-state index is 0.0324. The number of carbonyl (C=O) groups is 2. The fourth-order valence-electron chi connectivity index (χ4n) is 3.44. The molecule has 12 nitrogen and oxygen atoms in total. The number of fused-ring (bicyclic) bond motifs is 1. The number of hydrogen-bond donors (Lipinski definition) is 2. The van der Waals surface area contributed by atoms with Gasteiger partial charge in [-0.1, -0.05) is 0 Å². The Bertz CT molecular complexity index is 1510. The number of morpholine rings is 1. The van der Waals surface area contributed by atoms with Gasteiger partial charge in [0.1, 0.15) is 23.9 Å². The third kappa shape index (κ3) is 3.74. The van der Waals surface area contributed by atoms with Crippen LogP contribution < -0.4 is 11.2 Å². The summed E-state index contributed by atoms with van der Waals surface area (Å²) in [6.45, 7) is 0.159. The lowest BCUT2D eigenvalue weighted by atomic mass is 10.2. The lowest BCUT2D eigenvalue weighted by Crippen LogP contribution is -2.50. The van der Waals surface area contributed by atoms with E-state index in [0.29, 0.717) is 4.88 Å². The zero-order valence-electron chi connectivity index (χ0n) is 16.6. The number of amides is 1. The minimum atomic E-state index is -0.997. The second-order valence-corrected chi connectivity index (χ2v) is 8.07. The lowest BCUT2D eigenvalue weighted by Gasteiger charge is -2.31. The van der Waals surface area contributed by atoms with Gasteiger partial charge in [-0.3, -0.25) is 24.5 Å². The van der Waals surface area contributed by atoms with Crippen LogP contribution >= 0.6 is 11.3 Å². The first kappa shape index (κ1) is 20.8. The Balaban J connectivity index is 1.37. The molecule has 1 amide bonds. The minimum Gasteiger partial charge on any atom is -0.366 e. The van der Waals surface area contributed by atoms with E-state index in [1.807, 2.05) is 4.98 Å². The molecular formula is C19H14FN7O5S. The molecule has 0 unspecified atom stereocenters. The van der Waals surface area contributed by atoms with Crippen molar-refractivity contribution < 1.29 is 18.7 Å². The summed E-state index contributed by atoms with van der Waals surface area (Å²) in [6.07, 6.45) is 2.93.